The molecule has 4 nitrogen and oxygen atoms in total. The van der Waals surface area contributed by atoms with Gasteiger partial charge in [-0.1, -0.05) is 34.8 Å². The molecule has 1 heterocycles. The van der Waals surface area contributed by atoms with Gasteiger partial charge in [-0.2, -0.15) is 0 Å². The van der Waals surface area contributed by atoms with Crippen LogP contribution in [0.2, 0.25) is 15.1 Å². The number of phenolic OH excluding ortho intramolecular Hbond substituents is 1. The van der Waals surface area contributed by atoms with Crippen LogP contribution >= 0.6 is 34.8 Å². The average Bonchev–Trinajstić information content (AvgIpc) is 3.06. The van der Waals surface area contributed by atoms with Gasteiger partial charge in [-0.25, -0.2) is 0 Å². The Hall–Kier alpha value is -2.01. The SMILES string of the molecule is COc1ccc(-c2ccc(CNc3cc(Cl)c(O)c(Cl)c3)o2)cc1Cl. The molecule has 0 aliphatic heterocycles. The fourth-order valence-electron chi connectivity index (χ4n) is 2.30. The van der Waals surface area contributed by atoms with Crippen LogP contribution in [0.25, 0.3) is 11.3 Å². The smallest absolute Gasteiger partial charge is 0.152 e. The molecule has 0 amide bonds. The number of hydrogen-bond donors (Lipinski definition) is 2. The minimum absolute atomic E-state index is 0.134. The Morgan fingerprint density at radius 2 is 1.72 bits per heavy atom. The molecule has 0 spiro atoms. The number of benzene rings is 2. The summed E-state index contributed by atoms with van der Waals surface area (Å²) in [6.45, 7) is 0.432. The molecule has 0 aliphatic rings. The zero-order valence-electron chi connectivity index (χ0n) is 13.1. The largest absolute Gasteiger partial charge is 0.505 e. The molecular weight excluding hydrogens is 385 g/mol. The second-order valence-corrected chi connectivity index (χ2v) is 6.48. The highest BCUT2D eigenvalue weighted by atomic mass is 35.5. The van der Waals surface area contributed by atoms with E-state index in [0.29, 0.717) is 28.8 Å². The molecule has 0 bridgehead atoms. The van der Waals surface area contributed by atoms with E-state index in [0.717, 1.165) is 11.3 Å². The lowest BCUT2D eigenvalue weighted by Crippen LogP contribution is -1.98. The highest BCUT2D eigenvalue weighted by Crippen LogP contribution is 2.35. The van der Waals surface area contributed by atoms with Gasteiger partial charge in [-0.15, -0.1) is 0 Å². The minimum atomic E-state index is -0.134. The van der Waals surface area contributed by atoms with E-state index >= 15 is 0 Å². The molecule has 25 heavy (non-hydrogen) atoms. The van der Waals surface area contributed by atoms with Crippen LogP contribution in [-0.4, -0.2) is 12.2 Å². The molecule has 0 radical (unpaired) electrons. The number of halogens is 3. The number of phenols is 1. The van der Waals surface area contributed by atoms with Gasteiger partial charge < -0.3 is 19.6 Å². The number of rotatable bonds is 5. The van der Waals surface area contributed by atoms with Gasteiger partial charge in [-0.3, -0.25) is 0 Å². The maximum absolute atomic E-state index is 9.58. The lowest BCUT2D eigenvalue weighted by atomic mass is 10.2. The maximum Gasteiger partial charge on any atom is 0.152 e. The quantitative estimate of drug-likeness (QED) is 0.500. The van der Waals surface area contributed by atoms with Crippen molar-refractivity contribution >= 4 is 40.5 Å². The number of anilines is 1. The molecule has 3 aromatic rings. The first-order valence-electron chi connectivity index (χ1n) is 7.32. The van der Waals surface area contributed by atoms with Crippen LogP contribution in [0.5, 0.6) is 11.5 Å². The van der Waals surface area contributed by atoms with Crippen LogP contribution in [0.3, 0.4) is 0 Å². The van der Waals surface area contributed by atoms with Gasteiger partial charge in [0.05, 0.1) is 28.7 Å². The first kappa shape index (κ1) is 17.8. The highest BCUT2D eigenvalue weighted by molar-refractivity contribution is 6.37. The van der Waals surface area contributed by atoms with Gasteiger partial charge in [0.2, 0.25) is 0 Å². The fourth-order valence-corrected chi connectivity index (χ4v) is 3.05. The monoisotopic (exact) mass is 397 g/mol. The van der Waals surface area contributed by atoms with E-state index in [1.54, 1.807) is 31.4 Å². The Bertz CT molecular complexity index is 885. The molecule has 2 aromatic carbocycles. The molecule has 0 saturated carbocycles. The summed E-state index contributed by atoms with van der Waals surface area (Å²) in [4.78, 5) is 0. The first-order chi connectivity index (χ1) is 12.0. The van der Waals surface area contributed by atoms with Gasteiger partial charge in [0.25, 0.3) is 0 Å². The third kappa shape index (κ3) is 3.98. The molecular formula is C18H14Cl3NO3. The second-order valence-electron chi connectivity index (χ2n) is 5.26. The zero-order chi connectivity index (χ0) is 18.0. The molecule has 0 fully saturated rings. The summed E-state index contributed by atoms with van der Waals surface area (Å²) in [6, 6.07) is 12.4. The number of methoxy groups -OCH3 is 1. The molecule has 0 aliphatic carbocycles. The van der Waals surface area contributed by atoms with Gasteiger partial charge in [0, 0.05) is 11.3 Å². The summed E-state index contributed by atoms with van der Waals surface area (Å²) in [6.07, 6.45) is 0. The Morgan fingerprint density at radius 1 is 1.00 bits per heavy atom. The fraction of sp³-hybridized carbons (Fsp3) is 0.111. The van der Waals surface area contributed by atoms with E-state index < -0.39 is 0 Å². The highest BCUT2D eigenvalue weighted by Gasteiger charge is 2.10. The van der Waals surface area contributed by atoms with Crippen molar-refractivity contribution in [3.05, 3.63) is 63.3 Å². The van der Waals surface area contributed by atoms with Crippen LogP contribution in [0.4, 0.5) is 5.69 Å². The normalized spacial score (nSPS) is 10.7. The summed E-state index contributed by atoms with van der Waals surface area (Å²) in [7, 11) is 1.57. The number of nitrogens with one attached hydrogen (secondary N) is 1. The molecule has 3 rings (SSSR count). The Kier molecular flexibility index (Phi) is 5.33. The number of ether oxygens (including phenoxy) is 1. The molecule has 0 unspecified atom stereocenters. The zero-order valence-corrected chi connectivity index (χ0v) is 15.4. The van der Waals surface area contributed by atoms with Crippen molar-refractivity contribution in [3.8, 4) is 22.8 Å². The van der Waals surface area contributed by atoms with Crippen molar-refractivity contribution < 1.29 is 14.3 Å². The van der Waals surface area contributed by atoms with Gasteiger partial charge in [0.1, 0.15) is 17.3 Å². The third-order valence-corrected chi connectivity index (χ3v) is 4.45. The van der Waals surface area contributed by atoms with E-state index in [1.807, 2.05) is 18.2 Å². The van der Waals surface area contributed by atoms with Crippen LogP contribution in [0.1, 0.15) is 5.76 Å². The first-order valence-corrected chi connectivity index (χ1v) is 8.46. The van der Waals surface area contributed by atoms with Crippen molar-refractivity contribution in [1.29, 1.82) is 0 Å². The van der Waals surface area contributed by atoms with Crippen LogP contribution in [0.15, 0.2) is 46.9 Å². The molecule has 1 aromatic heterocycles. The van der Waals surface area contributed by atoms with Crippen molar-refractivity contribution in [2.24, 2.45) is 0 Å². The standard InChI is InChI=1S/C18H14Cl3NO3/c1-24-17-4-2-10(6-13(17)19)16-5-3-12(25-16)9-22-11-7-14(20)18(23)15(21)8-11/h2-8,22-23H,9H2,1H3. The van der Waals surface area contributed by atoms with Crippen LogP contribution < -0.4 is 10.1 Å². The molecule has 130 valence electrons. The van der Waals surface area contributed by atoms with Gasteiger partial charge in [-0.05, 0) is 42.5 Å². The predicted octanol–water partition coefficient (Wildman–Crippen LogP) is 6.23. The minimum Gasteiger partial charge on any atom is -0.505 e. The lowest BCUT2D eigenvalue weighted by molar-refractivity contribution is 0.415. The van der Waals surface area contributed by atoms with Crippen molar-refractivity contribution in [2.45, 2.75) is 6.54 Å². The van der Waals surface area contributed by atoms with E-state index in [1.165, 1.54) is 0 Å². The molecule has 2 N–H and O–H groups in total. The van der Waals surface area contributed by atoms with E-state index in [-0.39, 0.29) is 15.8 Å². The Labute approximate surface area is 159 Å². The van der Waals surface area contributed by atoms with Gasteiger partial charge >= 0.3 is 0 Å². The van der Waals surface area contributed by atoms with Gasteiger partial charge in [0.15, 0.2) is 5.75 Å². The number of aromatic hydroxyl groups is 1. The number of furan rings is 1. The summed E-state index contributed by atoms with van der Waals surface area (Å²) in [5, 5.41) is 13.6. The second kappa shape index (κ2) is 7.48. The van der Waals surface area contributed by atoms with E-state index in [9.17, 15) is 5.11 Å². The topological polar surface area (TPSA) is 54.6 Å². The summed E-state index contributed by atoms with van der Waals surface area (Å²) in [5.74, 6) is 1.90. The van der Waals surface area contributed by atoms with E-state index in [4.69, 9.17) is 44.0 Å². The maximum atomic E-state index is 9.58. The molecule has 0 saturated heterocycles. The third-order valence-electron chi connectivity index (χ3n) is 3.58. The molecule has 0 atom stereocenters. The Morgan fingerprint density at radius 3 is 2.36 bits per heavy atom. The molecule has 7 heteroatoms. The summed E-state index contributed by atoms with van der Waals surface area (Å²) in [5.41, 5.74) is 1.53. The van der Waals surface area contributed by atoms with Crippen molar-refractivity contribution in [3.63, 3.8) is 0 Å². The van der Waals surface area contributed by atoms with Crippen LogP contribution in [-0.2, 0) is 6.54 Å². The summed E-state index contributed by atoms with van der Waals surface area (Å²) >= 11 is 18.0. The Balaban J connectivity index is 1.73. The predicted molar refractivity (Wildman–Crippen MR) is 101 cm³/mol. The van der Waals surface area contributed by atoms with Crippen molar-refractivity contribution in [2.75, 3.05) is 12.4 Å². The van der Waals surface area contributed by atoms with Crippen molar-refractivity contribution in [1.82, 2.24) is 0 Å². The van der Waals surface area contributed by atoms with E-state index in [2.05, 4.69) is 5.32 Å². The average molecular weight is 399 g/mol. The van der Waals surface area contributed by atoms with Crippen LogP contribution in [0, 0.1) is 0 Å². The number of hydrogen-bond acceptors (Lipinski definition) is 4. The summed E-state index contributed by atoms with van der Waals surface area (Å²) < 4.78 is 11.0. The lowest BCUT2D eigenvalue weighted by Gasteiger charge is -2.07.